The molecule has 2 unspecified atom stereocenters. The summed E-state index contributed by atoms with van der Waals surface area (Å²) in [4.78, 5) is 0. The third-order valence-electron chi connectivity index (χ3n) is 2.27. The van der Waals surface area contributed by atoms with Crippen LogP contribution in [0.4, 0.5) is 0 Å². The maximum atomic E-state index is 8.89. The van der Waals surface area contributed by atoms with E-state index in [1.807, 2.05) is 0 Å². The molecular formula is C7H14ClNO. The van der Waals surface area contributed by atoms with Crippen molar-refractivity contribution in [3.05, 3.63) is 0 Å². The van der Waals surface area contributed by atoms with Crippen LogP contribution in [0.15, 0.2) is 0 Å². The normalized spacial score (nSPS) is 36.3. The second-order valence-corrected chi connectivity index (χ2v) is 3.56. The average molecular weight is 164 g/mol. The molecule has 0 radical (unpaired) electrons. The number of hydrogen-bond acceptors (Lipinski definition) is 2. The van der Waals surface area contributed by atoms with Crippen molar-refractivity contribution in [1.29, 1.82) is 0 Å². The van der Waals surface area contributed by atoms with E-state index in [-0.39, 0.29) is 0 Å². The molecule has 1 heterocycles. The van der Waals surface area contributed by atoms with E-state index < -0.39 is 0 Å². The number of aliphatic hydroxyl groups excluding tert-OH is 1. The van der Waals surface area contributed by atoms with E-state index in [1.165, 1.54) is 0 Å². The third kappa shape index (κ3) is 1.84. The van der Waals surface area contributed by atoms with Crippen molar-refractivity contribution in [1.82, 2.24) is 4.42 Å². The Labute approximate surface area is 66.9 Å². The Morgan fingerprint density at radius 3 is 2.90 bits per heavy atom. The second-order valence-electron chi connectivity index (χ2n) is 3.08. The topological polar surface area (TPSA) is 23.5 Å². The molecule has 1 aliphatic heterocycles. The molecule has 60 valence electrons. The van der Waals surface area contributed by atoms with Gasteiger partial charge in [0.15, 0.2) is 0 Å². The van der Waals surface area contributed by atoms with E-state index in [9.17, 15) is 0 Å². The lowest BCUT2D eigenvalue weighted by Crippen LogP contribution is -2.35. The van der Waals surface area contributed by atoms with Crippen LogP contribution >= 0.6 is 11.8 Å². The summed E-state index contributed by atoms with van der Waals surface area (Å²) in [6.07, 6.45) is 1.03. The largest absolute Gasteiger partial charge is 0.396 e. The van der Waals surface area contributed by atoms with E-state index in [2.05, 4.69) is 6.92 Å². The highest BCUT2D eigenvalue weighted by atomic mass is 35.5. The molecule has 0 bridgehead atoms. The van der Waals surface area contributed by atoms with Crippen LogP contribution in [-0.2, 0) is 0 Å². The third-order valence-corrected chi connectivity index (χ3v) is 2.57. The minimum absolute atomic E-state index is 0.311. The molecule has 1 fully saturated rings. The van der Waals surface area contributed by atoms with Crippen LogP contribution in [0.2, 0.25) is 0 Å². The van der Waals surface area contributed by atoms with Crippen LogP contribution in [0.3, 0.4) is 0 Å². The summed E-state index contributed by atoms with van der Waals surface area (Å²) in [5.74, 6) is 1.01. The maximum Gasteiger partial charge on any atom is 0.0462 e. The molecule has 0 aromatic heterocycles. The Kier molecular flexibility index (Phi) is 2.96. The first-order valence-electron chi connectivity index (χ1n) is 3.75. The molecule has 0 saturated carbocycles. The molecule has 2 nitrogen and oxygen atoms in total. The van der Waals surface area contributed by atoms with Crippen molar-refractivity contribution in [2.45, 2.75) is 13.3 Å². The first kappa shape index (κ1) is 8.31. The zero-order valence-corrected chi connectivity index (χ0v) is 7.01. The summed E-state index contributed by atoms with van der Waals surface area (Å²) in [5, 5.41) is 8.89. The van der Waals surface area contributed by atoms with E-state index in [4.69, 9.17) is 16.9 Å². The average Bonchev–Trinajstić information content (AvgIpc) is 1.88. The van der Waals surface area contributed by atoms with Crippen molar-refractivity contribution in [3.63, 3.8) is 0 Å². The minimum Gasteiger partial charge on any atom is -0.396 e. The molecule has 0 amide bonds. The van der Waals surface area contributed by atoms with Gasteiger partial charge in [0.2, 0.25) is 0 Å². The molecule has 0 aliphatic carbocycles. The van der Waals surface area contributed by atoms with Gasteiger partial charge in [-0.15, -0.1) is 0 Å². The standard InChI is InChI=1S/C7H14ClNO/c1-6-4-9(8)3-2-7(6)5-10/h6-7,10H,2-5H2,1H3. The van der Waals surface area contributed by atoms with Gasteiger partial charge in [-0.2, -0.15) is 0 Å². The predicted molar refractivity (Wildman–Crippen MR) is 41.8 cm³/mol. The molecule has 1 N–H and O–H groups in total. The van der Waals surface area contributed by atoms with Crippen molar-refractivity contribution in [2.75, 3.05) is 19.7 Å². The Morgan fingerprint density at radius 1 is 1.70 bits per heavy atom. The van der Waals surface area contributed by atoms with Gasteiger partial charge in [-0.1, -0.05) is 6.92 Å². The molecule has 10 heavy (non-hydrogen) atoms. The summed E-state index contributed by atoms with van der Waals surface area (Å²) >= 11 is 5.79. The van der Waals surface area contributed by atoms with Crippen LogP contribution in [0.1, 0.15) is 13.3 Å². The van der Waals surface area contributed by atoms with Crippen LogP contribution in [0, 0.1) is 11.8 Å². The van der Waals surface area contributed by atoms with Gasteiger partial charge in [-0.25, -0.2) is 4.42 Å². The molecule has 1 aliphatic rings. The SMILES string of the molecule is CC1CN(Cl)CCC1CO. The zero-order chi connectivity index (χ0) is 7.56. The van der Waals surface area contributed by atoms with Gasteiger partial charge in [0, 0.05) is 19.7 Å². The summed E-state index contributed by atoms with van der Waals surface area (Å²) in [6.45, 7) is 4.27. The van der Waals surface area contributed by atoms with Gasteiger partial charge in [-0.05, 0) is 30.0 Å². The fourth-order valence-corrected chi connectivity index (χ4v) is 1.73. The van der Waals surface area contributed by atoms with Crippen molar-refractivity contribution in [2.24, 2.45) is 11.8 Å². The summed E-state index contributed by atoms with van der Waals surface area (Å²) in [6, 6.07) is 0. The number of aliphatic hydroxyl groups is 1. The highest BCUT2D eigenvalue weighted by Crippen LogP contribution is 2.23. The molecule has 0 aromatic rings. The lowest BCUT2D eigenvalue weighted by atomic mass is 9.89. The van der Waals surface area contributed by atoms with Crippen LogP contribution in [0.25, 0.3) is 0 Å². The smallest absolute Gasteiger partial charge is 0.0462 e. The zero-order valence-electron chi connectivity index (χ0n) is 6.26. The first-order valence-corrected chi connectivity index (χ1v) is 4.09. The first-order chi connectivity index (χ1) is 4.74. The number of piperidine rings is 1. The number of hydrogen-bond donors (Lipinski definition) is 1. The van der Waals surface area contributed by atoms with Crippen LogP contribution in [-0.4, -0.2) is 29.2 Å². The van der Waals surface area contributed by atoms with Crippen molar-refractivity contribution in [3.8, 4) is 0 Å². The molecule has 0 spiro atoms. The van der Waals surface area contributed by atoms with Gasteiger partial charge in [0.05, 0.1) is 0 Å². The van der Waals surface area contributed by atoms with Gasteiger partial charge >= 0.3 is 0 Å². The van der Waals surface area contributed by atoms with E-state index >= 15 is 0 Å². The van der Waals surface area contributed by atoms with Crippen LogP contribution < -0.4 is 0 Å². The van der Waals surface area contributed by atoms with Crippen molar-refractivity contribution >= 4 is 11.8 Å². The fourth-order valence-electron chi connectivity index (χ4n) is 1.41. The Morgan fingerprint density at radius 2 is 2.40 bits per heavy atom. The fraction of sp³-hybridized carbons (Fsp3) is 1.00. The summed E-state index contributed by atoms with van der Waals surface area (Å²) in [7, 11) is 0. The molecule has 1 saturated heterocycles. The monoisotopic (exact) mass is 163 g/mol. The van der Waals surface area contributed by atoms with E-state index in [1.54, 1.807) is 4.42 Å². The van der Waals surface area contributed by atoms with Crippen molar-refractivity contribution < 1.29 is 5.11 Å². The lowest BCUT2D eigenvalue weighted by Gasteiger charge is -2.31. The maximum absolute atomic E-state index is 8.89. The van der Waals surface area contributed by atoms with Gasteiger partial charge in [0.1, 0.15) is 0 Å². The molecule has 3 heteroatoms. The minimum atomic E-state index is 0.311. The summed E-state index contributed by atoms with van der Waals surface area (Å²) < 4.78 is 1.80. The molecular weight excluding hydrogens is 150 g/mol. The number of rotatable bonds is 1. The molecule has 2 atom stereocenters. The van der Waals surface area contributed by atoms with E-state index in [0.717, 1.165) is 19.5 Å². The van der Waals surface area contributed by atoms with Gasteiger partial charge in [0.25, 0.3) is 0 Å². The Bertz CT molecular complexity index is 110. The second kappa shape index (κ2) is 3.56. The van der Waals surface area contributed by atoms with Gasteiger partial charge < -0.3 is 5.11 Å². The van der Waals surface area contributed by atoms with Gasteiger partial charge in [-0.3, -0.25) is 0 Å². The molecule has 0 aromatic carbocycles. The quantitative estimate of drug-likeness (QED) is 0.585. The summed E-state index contributed by atoms with van der Waals surface area (Å²) in [5.41, 5.74) is 0. The Hall–Kier alpha value is 0.210. The number of nitrogens with zero attached hydrogens (tertiary/aromatic N) is 1. The lowest BCUT2D eigenvalue weighted by molar-refractivity contribution is 0.124. The highest BCUT2D eigenvalue weighted by molar-refractivity contribution is 6.13. The predicted octanol–water partition coefficient (Wildman–Crippen LogP) is 1.09. The Balaban J connectivity index is 2.36. The molecule has 1 rings (SSSR count). The van der Waals surface area contributed by atoms with Crippen LogP contribution in [0.5, 0.6) is 0 Å². The highest BCUT2D eigenvalue weighted by Gasteiger charge is 2.23. The number of halogens is 1. The van der Waals surface area contributed by atoms with E-state index in [0.29, 0.717) is 18.4 Å².